The molecule has 2 aliphatic heterocycles. The molecule has 0 aliphatic carbocycles. The Morgan fingerprint density at radius 2 is 2.05 bits per heavy atom. The van der Waals surface area contributed by atoms with Crippen LogP contribution in [0.4, 0.5) is 37.8 Å². The number of hydrogen-bond acceptors (Lipinski definition) is 9. The summed E-state index contributed by atoms with van der Waals surface area (Å²) in [5.74, 6) is 0.350. The number of rotatable bonds is 8. The molecule has 0 spiro atoms. The largest absolute Gasteiger partial charge is 0.446 e. The van der Waals surface area contributed by atoms with Crippen molar-refractivity contribution in [2.45, 2.75) is 48.6 Å². The number of aromatic amines is 1. The highest BCUT2D eigenvalue weighted by Crippen LogP contribution is 2.38. The van der Waals surface area contributed by atoms with Gasteiger partial charge in [-0.05, 0) is 24.8 Å². The number of carbonyl (C=O) groups excluding carboxylic acids is 1. The number of ether oxygens (including phenoxy) is 2. The van der Waals surface area contributed by atoms with E-state index in [1.807, 2.05) is 4.90 Å². The lowest BCUT2D eigenvalue weighted by molar-refractivity contribution is -0.138. The molecule has 2 atom stereocenters. The predicted octanol–water partition coefficient (Wildman–Crippen LogP) is 3.25. The number of pyridine rings is 1. The Bertz CT molecular complexity index is 1260. The smallest absolute Gasteiger partial charge is 0.379 e. The first-order valence-corrected chi connectivity index (χ1v) is 13.0. The molecule has 17 heteroatoms. The summed E-state index contributed by atoms with van der Waals surface area (Å²) in [6.45, 7) is 3.03. The second-order valence-electron chi connectivity index (χ2n) is 9.26. The van der Waals surface area contributed by atoms with E-state index in [1.165, 1.54) is 12.3 Å². The van der Waals surface area contributed by atoms with Gasteiger partial charge in [-0.15, -0.1) is 0 Å². The molecule has 10 nitrogen and oxygen atoms in total. The van der Waals surface area contributed by atoms with Crippen molar-refractivity contribution in [3.63, 3.8) is 0 Å². The summed E-state index contributed by atoms with van der Waals surface area (Å²) >= 11 is -0.240. The number of carbonyl (C=O) groups is 1. The molecule has 4 rings (SSSR count). The summed E-state index contributed by atoms with van der Waals surface area (Å²) in [5.41, 5.74) is -7.10. The minimum Gasteiger partial charge on any atom is -0.379 e. The van der Waals surface area contributed by atoms with Crippen LogP contribution in [-0.2, 0) is 27.1 Å². The van der Waals surface area contributed by atoms with E-state index in [-0.39, 0.29) is 61.5 Å². The summed E-state index contributed by atoms with van der Waals surface area (Å²) in [4.78, 5) is 32.2. The number of hydrogen-bond donors (Lipinski definition) is 2. The van der Waals surface area contributed by atoms with E-state index in [0.717, 1.165) is 6.20 Å². The molecule has 0 aromatic carbocycles. The van der Waals surface area contributed by atoms with Crippen LogP contribution in [-0.4, -0.2) is 83.0 Å². The van der Waals surface area contributed by atoms with Crippen molar-refractivity contribution in [1.82, 2.24) is 20.1 Å². The van der Waals surface area contributed by atoms with E-state index in [2.05, 4.69) is 15.4 Å². The normalized spacial score (nSPS) is 18.5. The molecular formula is C23H26F6N6O4S. The van der Waals surface area contributed by atoms with Crippen molar-refractivity contribution in [3.05, 3.63) is 39.9 Å². The monoisotopic (exact) mass is 596 g/mol. The minimum atomic E-state index is -4.87. The Labute approximate surface area is 228 Å². The number of nitrogens with zero attached hydrogens (tertiary/aromatic N) is 4. The Kier molecular flexibility index (Phi) is 9.14. The molecule has 2 aromatic heterocycles. The molecule has 2 aliphatic rings. The average Bonchev–Trinajstić information content (AvgIpc) is 3.03. The summed E-state index contributed by atoms with van der Waals surface area (Å²) < 4.78 is 88.9. The Morgan fingerprint density at radius 3 is 2.77 bits per heavy atom. The van der Waals surface area contributed by atoms with E-state index in [1.54, 1.807) is 16.9 Å². The highest BCUT2D eigenvalue weighted by Gasteiger charge is 2.38. The molecule has 2 aromatic rings. The topological polar surface area (TPSA) is 113 Å². The number of thioether (sulfide) groups is 1. The number of amides is 1. The van der Waals surface area contributed by atoms with Crippen molar-refractivity contribution >= 4 is 29.2 Å². The number of H-pyrrole nitrogens is 1. The van der Waals surface area contributed by atoms with Gasteiger partial charge in [0.05, 0.1) is 50.8 Å². The van der Waals surface area contributed by atoms with Gasteiger partial charge in [-0.1, -0.05) is 0 Å². The molecule has 4 heterocycles. The van der Waals surface area contributed by atoms with Crippen LogP contribution >= 0.6 is 11.8 Å². The molecule has 0 bridgehead atoms. The van der Waals surface area contributed by atoms with E-state index >= 15 is 0 Å². The van der Waals surface area contributed by atoms with E-state index < -0.39 is 34.5 Å². The molecule has 0 radical (unpaired) electrons. The van der Waals surface area contributed by atoms with Gasteiger partial charge in [-0.3, -0.25) is 9.59 Å². The third-order valence-corrected chi connectivity index (χ3v) is 6.89. The fourth-order valence-electron chi connectivity index (χ4n) is 4.52. The number of nitrogens with one attached hydrogen (secondary N) is 2. The lowest BCUT2D eigenvalue weighted by atomic mass is 10.1. The standard InChI is InChI=1S/C23H26F6N6O4S/c1-13(32-17-8-31-33-21(37)19(17)22(24,25)26)10-38-5-2-18(36)34-3-4-35-15(9-34)12-39-11-14-6-16(7-30-20(14)35)40-23(27,28)29/h6-8,13,15H,2-5,9-12H2,1H3,(H2,32,33,37)/t13-,15?/m0/s1. The van der Waals surface area contributed by atoms with Crippen LogP contribution in [0.3, 0.4) is 0 Å². The summed E-state index contributed by atoms with van der Waals surface area (Å²) in [7, 11) is 0. The number of aromatic nitrogens is 3. The van der Waals surface area contributed by atoms with Gasteiger partial charge in [-0.2, -0.15) is 31.4 Å². The first-order chi connectivity index (χ1) is 18.8. The zero-order valence-electron chi connectivity index (χ0n) is 21.1. The van der Waals surface area contributed by atoms with Crippen molar-refractivity contribution in [3.8, 4) is 0 Å². The maximum absolute atomic E-state index is 13.2. The predicted molar refractivity (Wildman–Crippen MR) is 132 cm³/mol. The average molecular weight is 597 g/mol. The Hall–Kier alpha value is -3.05. The summed E-state index contributed by atoms with van der Waals surface area (Å²) in [5, 5.41) is 7.72. The van der Waals surface area contributed by atoms with Gasteiger partial charge in [0, 0.05) is 42.3 Å². The van der Waals surface area contributed by atoms with Crippen molar-refractivity contribution < 1.29 is 40.6 Å². The van der Waals surface area contributed by atoms with Gasteiger partial charge in [0.15, 0.2) is 0 Å². The Balaban J connectivity index is 1.26. The lowest BCUT2D eigenvalue weighted by Crippen LogP contribution is -2.56. The fraction of sp³-hybridized carbons (Fsp3) is 0.565. The van der Waals surface area contributed by atoms with Crippen molar-refractivity contribution in [2.24, 2.45) is 0 Å². The van der Waals surface area contributed by atoms with Crippen molar-refractivity contribution in [1.29, 1.82) is 0 Å². The van der Waals surface area contributed by atoms with Crippen LogP contribution in [0.1, 0.15) is 24.5 Å². The number of piperazine rings is 1. The van der Waals surface area contributed by atoms with Gasteiger partial charge in [0.1, 0.15) is 11.4 Å². The molecule has 40 heavy (non-hydrogen) atoms. The fourth-order valence-corrected chi connectivity index (χ4v) is 5.09. The molecule has 1 amide bonds. The Morgan fingerprint density at radius 1 is 1.27 bits per heavy atom. The molecule has 1 saturated heterocycles. The van der Waals surface area contributed by atoms with Crippen LogP contribution < -0.4 is 15.8 Å². The number of halogens is 6. The highest BCUT2D eigenvalue weighted by molar-refractivity contribution is 8.00. The number of alkyl halides is 6. The minimum absolute atomic E-state index is 0.0238. The van der Waals surface area contributed by atoms with Gasteiger partial charge in [-0.25, -0.2) is 10.1 Å². The third kappa shape index (κ3) is 7.57. The first kappa shape index (κ1) is 29.9. The number of fused-ring (bicyclic) bond motifs is 3. The lowest BCUT2D eigenvalue weighted by Gasteiger charge is -2.41. The molecule has 1 unspecified atom stereocenters. The number of anilines is 2. The van der Waals surface area contributed by atoms with Gasteiger partial charge in [0.2, 0.25) is 5.91 Å². The van der Waals surface area contributed by atoms with Crippen LogP contribution in [0, 0.1) is 0 Å². The molecule has 220 valence electrons. The van der Waals surface area contributed by atoms with Crippen LogP contribution in [0.5, 0.6) is 0 Å². The van der Waals surface area contributed by atoms with Crippen LogP contribution in [0.15, 0.2) is 28.2 Å². The zero-order valence-corrected chi connectivity index (χ0v) is 22.0. The second-order valence-corrected chi connectivity index (χ2v) is 10.4. The zero-order chi connectivity index (χ0) is 29.1. The van der Waals surface area contributed by atoms with E-state index in [9.17, 15) is 35.9 Å². The molecule has 1 fully saturated rings. The second kappa shape index (κ2) is 12.2. The summed E-state index contributed by atoms with van der Waals surface area (Å²) in [6, 6.07) is 0.571. The van der Waals surface area contributed by atoms with Gasteiger partial charge in [0.25, 0.3) is 5.56 Å². The first-order valence-electron chi connectivity index (χ1n) is 12.2. The quantitative estimate of drug-likeness (QED) is 0.270. The molecule has 2 N–H and O–H groups in total. The SMILES string of the molecule is C[C@@H](COCCC(=O)N1CCN2c3ncc(SC(F)(F)F)cc3COCC2C1)Nc1cn[nH]c(=O)c1C(F)(F)F. The molecule has 0 saturated carbocycles. The maximum atomic E-state index is 13.2. The maximum Gasteiger partial charge on any atom is 0.446 e. The van der Waals surface area contributed by atoms with Gasteiger partial charge < -0.3 is 24.6 Å². The van der Waals surface area contributed by atoms with E-state index in [4.69, 9.17) is 9.47 Å². The van der Waals surface area contributed by atoms with Crippen LogP contribution in [0.25, 0.3) is 0 Å². The van der Waals surface area contributed by atoms with Crippen LogP contribution in [0.2, 0.25) is 0 Å². The van der Waals surface area contributed by atoms with E-state index in [0.29, 0.717) is 31.0 Å². The highest BCUT2D eigenvalue weighted by atomic mass is 32.2. The summed E-state index contributed by atoms with van der Waals surface area (Å²) in [6.07, 6.45) is -2.78. The third-order valence-electron chi connectivity index (χ3n) is 6.20. The molecular weight excluding hydrogens is 570 g/mol. The van der Waals surface area contributed by atoms with Crippen molar-refractivity contribution in [2.75, 3.05) is 49.7 Å². The van der Waals surface area contributed by atoms with Gasteiger partial charge >= 0.3 is 11.7 Å².